The molecule has 0 bridgehead atoms. The van der Waals surface area contributed by atoms with Crippen LogP contribution >= 0.6 is 11.6 Å². The summed E-state index contributed by atoms with van der Waals surface area (Å²) in [6.45, 7) is 4.51. The van der Waals surface area contributed by atoms with E-state index in [0.717, 1.165) is 42.7 Å². The van der Waals surface area contributed by atoms with Crippen LogP contribution in [0.3, 0.4) is 0 Å². The minimum atomic E-state index is -4.31. The number of rotatable bonds is 9. The third-order valence-corrected chi connectivity index (χ3v) is 7.60. The molecule has 2 N–H and O–H groups in total. The van der Waals surface area contributed by atoms with Gasteiger partial charge in [-0.25, -0.2) is 17.2 Å². The lowest BCUT2D eigenvalue weighted by Gasteiger charge is -2.33. The second-order valence-corrected chi connectivity index (χ2v) is 10.5. The second-order valence-electron chi connectivity index (χ2n) is 8.47. The largest absolute Gasteiger partial charge is 0.491 e. The number of aryl methyl sites for hydroxylation is 1. The summed E-state index contributed by atoms with van der Waals surface area (Å²) in [6.07, 6.45) is 3.82. The van der Waals surface area contributed by atoms with Gasteiger partial charge in [-0.1, -0.05) is 41.9 Å². The molecule has 11 heteroatoms. The fraction of sp³-hybridized carbons (Fsp3) is 0.320. The normalized spacial score (nSPS) is 18.1. The third-order valence-electron chi connectivity index (χ3n) is 5.93. The first-order valence-electron chi connectivity index (χ1n) is 11.4. The Hall–Kier alpha value is -2.95. The Morgan fingerprint density at radius 3 is 2.61 bits per heavy atom. The summed E-state index contributed by atoms with van der Waals surface area (Å²) in [4.78, 5) is -0.643. The number of nitrogens with zero attached hydrogens (tertiary/aromatic N) is 1. The maximum Gasteiger partial charge on any atom is 0.266 e. The third kappa shape index (κ3) is 5.88. The molecule has 0 saturated carbocycles. The van der Waals surface area contributed by atoms with Crippen molar-refractivity contribution in [1.29, 1.82) is 0 Å². The molecule has 36 heavy (non-hydrogen) atoms. The molecule has 0 aliphatic heterocycles. The van der Waals surface area contributed by atoms with Crippen LogP contribution in [-0.2, 0) is 10.0 Å². The van der Waals surface area contributed by atoms with Gasteiger partial charge in [0.25, 0.3) is 10.0 Å². The van der Waals surface area contributed by atoms with Crippen LogP contribution < -0.4 is 14.8 Å². The molecule has 0 fully saturated rings. The number of sulfonamides is 1. The Bertz CT molecular complexity index is 1360. The van der Waals surface area contributed by atoms with Crippen LogP contribution in [-0.4, -0.2) is 32.8 Å². The van der Waals surface area contributed by atoms with E-state index < -0.39 is 20.7 Å². The molecule has 2 unspecified atom stereocenters. The molecular weight excluding hydrogens is 512 g/mol. The van der Waals surface area contributed by atoms with Crippen molar-refractivity contribution in [3.8, 4) is 5.75 Å². The van der Waals surface area contributed by atoms with Crippen LogP contribution in [0.25, 0.3) is 5.57 Å². The van der Waals surface area contributed by atoms with Gasteiger partial charge < -0.3 is 14.6 Å². The molecule has 1 heterocycles. The van der Waals surface area contributed by atoms with Gasteiger partial charge in [0.05, 0.1) is 11.6 Å². The molecule has 0 radical (unpaired) electrons. The average Bonchev–Trinajstić information content (AvgIpc) is 3.24. The summed E-state index contributed by atoms with van der Waals surface area (Å²) < 4.78 is 66.6. The van der Waals surface area contributed by atoms with Gasteiger partial charge in [0.1, 0.15) is 28.0 Å². The van der Waals surface area contributed by atoms with Gasteiger partial charge in [-0.2, -0.15) is 0 Å². The number of anilines is 1. The van der Waals surface area contributed by atoms with Gasteiger partial charge in [0, 0.05) is 24.1 Å². The fourth-order valence-electron chi connectivity index (χ4n) is 4.29. The summed E-state index contributed by atoms with van der Waals surface area (Å²) in [5.41, 5.74) is 1.87. The van der Waals surface area contributed by atoms with E-state index in [1.54, 1.807) is 19.1 Å². The molecule has 192 valence electrons. The maximum absolute atomic E-state index is 14.9. The maximum atomic E-state index is 14.9. The molecule has 0 saturated heterocycles. The highest BCUT2D eigenvalue weighted by Crippen LogP contribution is 2.36. The van der Waals surface area contributed by atoms with E-state index >= 15 is 0 Å². The van der Waals surface area contributed by atoms with Gasteiger partial charge in [-0.15, -0.1) is 0 Å². The molecule has 3 aromatic rings. The number of allylic oxidation sites excluding steroid dienone is 1. The van der Waals surface area contributed by atoms with Crippen molar-refractivity contribution in [2.45, 2.75) is 37.6 Å². The van der Waals surface area contributed by atoms with Crippen molar-refractivity contribution >= 4 is 33.0 Å². The number of halogens is 3. The van der Waals surface area contributed by atoms with E-state index in [4.69, 9.17) is 20.9 Å². The Balaban J connectivity index is 1.56. The van der Waals surface area contributed by atoms with Gasteiger partial charge in [-0.3, -0.25) is 4.72 Å². The summed E-state index contributed by atoms with van der Waals surface area (Å²) in [5.74, 6) is -1.13. The molecule has 2 aromatic carbocycles. The van der Waals surface area contributed by atoms with Crippen LogP contribution in [0.5, 0.6) is 5.75 Å². The van der Waals surface area contributed by atoms with Crippen LogP contribution in [0.2, 0.25) is 5.02 Å². The summed E-state index contributed by atoms with van der Waals surface area (Å²) in [6, 6.07) is 9.66. The van der Waals surface area contributed by atoms with Crippen molar-refractivity contribution in [2.75, 3.05) is 17.9 Å². The topological polar surface area (TPSA) is 93.5 Å². The van der Waals surface area contributed by atoms with Crippen LogP contribution in [0.15, 0.2) is 58.0 Å². The molecule has 1 aliphatic rings. The molecule has 1 aromatic heterocycles. The first-order valence-corrected chi connectivity index (χ1v) is 13.3. The van der Waals surface area contributed by atoms with Crippen LogP contribution in [0.1, 0.15) is 31.1 Å². The Morgan fingerprint density at radius 1 is 1.19 bits per heavy atom. The molecule has 0 spiro atoms. The monoisotopic (exact) mass is 537 g/mol. The first kappa shape index (κ1) is 26.1. The predicted molar refractivity (Wildman–Crippen MR) is 134 cm³/mol. The zero-order valence-corrected chi connectivity index (χ0v) is 21.3. The summed E-state index contributed by atoms with van der Waals surface area (Å²) in [7, 11) is -4.31. The van der Waals surface area contributed by atoms with Crippen molar-refractivity contribution in [1.82, 2.24) is 10.5 Å². The lowest BCUT2D eigenvalue weighted by Crippen LogP contribution is -2.41. The highest BCUT2D eigenvalue weighted by molar-refractivity contribution is 7.92. The Morgan fingerprint density at radius 2 is 1.94 bits per heavy atom. The lowest BCUT2D eigenvalue weighted by atomic mass is 9.80. The quantitative estimate of drug-likeness (QED) is 0.371. The SMILES string of the molecule is CCNC1CCC=C(c2ccc(F)cc2)C1COc1cc(F)c(S(=O)(=O)Nc2cc(C)on2)cc1Cl. The average molecular weight is 538 g/mol. The van der Waals surface area contributed by atoms with Crippen molar-refractivity contribution < 1.29 is 26.5 Å². The summed E-state index contributed by atoms with van der Waals surface area (Å²) in [5, 5.41) is 6.96. The molecule has 0 amide bonds. The molecular formula is C25H26ClF2N3O4S. The zero-order valence-electron chi connectivity index (χ0n) is 19.7. The van der Waals surface area contributed by atoms with Crippen molar-refractivity contribution in [3.63, 3.8) is 0 Å². The predicted octanol–water partition coefficient (Wildman–Crippen LogP) is 5.57. The Kier molecular flexibility index (Phi) is 7.97. The highest BCUT2D eigenvalue weighted by Gasteiger charge is 2.30. The fourth-order valence-corrected chi connectivity index (χ4v) is 5.64. The molecule has 4 rings (SSSR count). The minimum Gasteiger partial charge on any atom is -0.491 e. The van der Waals surface area contributed by atoms with Crippen LogP contribution in [0.4, 0.5) is 14.6 Å². The van der Waals surface area contributed by atoms with E-state index in [1.165, 1.54) is 18.2 Å². The molecule has 7 nitrogen and oxygen atoms in total. The number of aromatic nitrogens is 1. The van der Waals surface area contributed by atoms with Crippen LogP contribution in [0, 0.1) is 24.5 Å². The minimum absolute atomic E-state index is 0.0182. The number of nitrogens with one attached hydrogen (secondary N) is 2. The first-order chi connectivity index (χ1) is 17.2. The van der Waals surface area contributed by atoms with Gasteiger partial charge in [0.2, 0.25) is 0 Å². The van der Waals surface area contributed by atoms with E-state index in [0.29, 0.717) is 5.76 Å². The van der Waals surface area contributed by atoms with Crippen molar-refractivity contribution in [2.24, 2.45) is 5.92 Å². The van der Waals surface area contributed by atoms with E-state index in [2.05, 4.69) is 21.3 Å². The Labute approximate surface area is 213 Å². The summed E-state index contributed by atoms with van der Waals surface area (Å²) >= 11 is 6.31. The van der Waals surface area contributed by atoms with E-state index in [1.807, 2.05) is 6.92 Å². The lowest BCUT2D eigenvalue weighted by molar-refractivity contribution is 0.236. The number of benzene rings is 2. The van der Waals surface area contributed by atoms with Gasteiger partial charge in [0.15, 0.2) is 5.82 Å². The second kappa shape index (κ2) is 11.0. The van der Waals surface area contributed by atoms with Gasteiger partial charge in [-0.05, 0) is 55.6 Å². The number of hydrogen-bond acceptors (Lipinski definition) is 6. The smallest absolute Gasteiger partial charge is 0.266 e. The highest BCUT2D eigenvalue weighted by atomic mass is 35.5. The van der Waals surface area contributed by atoms with E-state index in [9.17, 15) is 17.2 Å². The standard InChI is InChI=1S/C25H26ClF2N3O4S/c1-3-29-22-6-4-5-18(16-7-9-17(27)10-8-16)19(22)14-34-23-13-21(28)24(12-20(23)26)36(32,33)31-25-11-15(2)35-30-25/h5,7-13,19,22,29H,3-4,6,14H2,1-2H3,(H,30,31). The molecule has 1 aliphatic carbocycles. The van der Waals surface area contributed by atoms with E-state index in [-0.39, 0.29) is 41.0 Å². The van der Waals surface area contributed by atoms with Gasteiger partial charge >= 0.3 is 0 Å². The van der Waals surface area contributed by atoms with Crippen molar-refractivity contribution in [3.05, 3.63) is 76.5 Å². The number of ether oxygens (including phenoxy) is 1. The number of hydrogen-bond donors (Lipinski definition) is 2. The zero-order chi connectivity index (χ0) is 25.9. The molecule has 2 atom stereocenters.